The van der Waals surface area contributed by atoms with E-state index >= 15 is 0 Å². The van der Waals surface area contributed by atoms with Gasteiger partial charge < -0.3 is 19.5 Å². The summed E-state index contributed by atoms with van der Waals surface area (Å²) in [6.45, 7) is 4.06. The van der Waals surface area contributed by atoms with E-state index in [2.05, 4.69) is 5.32 Å². The minimum Gasteiger partial charge on any atom is -0.408 e. The number of halogens is 1. The lowest BCUT2D eigenvalue weighted by molar-refractivity contribution is -0.135. The van der Waals surface area contributed by atoms with Crippen LogP contribution in [0.15, 0.2) is 27.4 Å². The first-order valence-corrected chi connectivity index (χ1v) is 12.4. The van der Waals surface area contributed by atoms with E-state index in [9.17, 15) is 14.4 Å². The van der Waals surface area contributed by atoms with Gasteiger partial charge in [0, 0.05) is 49.7 Å². The number of hydrogen-bond donors (Lipinski definition) is 1. The Balaban J connectivity index is 1.19. The van der Waals surface area contributed by atoms with Crippen LogP contribution in [0.4, 0.5) is 0 Å². The first-order chi connectivity index (χ1) is 16.0. The lowest BCUT2D eigenvalue weighted by atomic mass is 9.79. The van der Waals surface area contributed by atoms with Gasteiger partial charge in [-0.2, -0.15) is 0 Å². The second kappa shape index (κ2) is 9.50. The minimum absolute atomic E-state index is 0.0324. The van der Waals surface area contributed by atoms with Crippen LogP contribution in [-0.4, -0.2) is 64.9 Å². The molecule has 1 aromatic heterocycles. The van der Waals surface area contributed by atoms with E-state index in [1.165, 1.54) is 4.57 Å². The van der Waals surface area contributed by atoms with Crippen LogP contribution in [-0.2, 0) is 16.1 Å². The number of fused-ring (bicyclic) bond motifs is 3. The van der Waals surface area contributed by atoms with Crippen molar-refractivity contribution in [2.45, 2.75) is 51.1 Å². The molecule has 3 aliphatic heterocycles. The smallest absolute Gasteiger partial charge is 0.408 e. The normalized spacial score (nSPS) is 25.1. The van der Waals surface area contributed by atoms with Gasteiger partial charge in [0.2, 0.25) is 11.8 Å². The third-order valence-corrected chi connectivity index (χ3v) is 7.68. The van der Waals surface area contributed by atoms with Crippen molar-refractivity contribution >= 4 is 34.5 Å². The molecule has 0 radical (unpaired) electrons. The van der Waals surface area contributed by atoms with E-state index in [0.717, 1.165) is 51.7 Å². The van der Waals surface area contributed by atoms with Gasteiger partial charge in [-0.15, -0.1) is 0 Å². The summed E-state index contributed by atoms with van der Waals surface area (Å²) >= 11 is 5.99. The van der Waals surface area contributed by atoms with Crippen molar-refractivity contribution < 1.29 is 14.0 Å². The second-order valence-corrected chi connectivity index (χ2v) is 10.2. The maximum Gasteiger partial charge on any atom is 0.420 e. The number of carbonyl (C=O) groups is 2. The average molecular weight is 475 g/mol. The van der Waals surface area contributed by atoms with Crippen LogP contribution in [0.3, 0.4) is 0 Å². The number of nitrogens with one attached hydrogen (secondary N) is 1. The fraction of sp³-hybridized carbons (Fsp3) is 0.625. The van der Waals surface area contributed by atoms with Gasteiger partial charge in [-0.25, -0.2) is 4.79 Å². The van der Waals surface area contributed by atoms with Crippen molar-refractivity contribution in [2.24, 2.45) is 11.8 Å². The number of oxazole rings is 1. The summed E-state index contributed by atoms with van der Waals surface area (Å²) < 4.78 is 6.66. The highest BCUT2D eigenvalue weighted by atomic mass is 35.5. The van der Waals surface area contributed by atoms with Crippen LogP contribution in [0.2, 0.25) is 5.02 Å². The molecule has 33 heavy (non-hydrogen) atoms. The third-order valence-electron chi connectivity index (χ3n) is 7.45. The number of carbonyl (C=O) groups excluding carboxylic acids is 2. The van der Waals surface area contributed by atoms with Crippen molar-refractivity contribution in [3.63, 3.8) is 0 Å². The molecular weight excluding hydrogens is 444 g/mol. The van der Waals surface area contributed by atoms with Gasteiger partial charge in [-0.3, -0.25) is 14.2 Å². The molecule has 3 saturated heterocycles. The number of amides is 2. The Labute approximate surface area is 197 Å². The summed E-state index contributed by atoms with van der Waals surface area (Å²) in [5.74, 6) is 0.474. The average Bonchev–Trinajstić information content (AvgIpc) is 3.43. The predicted molar refractivity (Wildman–Crippen MR) is 125 cm³/mol. The summed E-state index contributed by atoms with van der Waals surface area (Å²) in [7, 11) is 0. The van der Waals surface area contributed by atoms with E-state index in [4.69, 9.17) is 16.0 Å². The highest BCUT2D eigenvalue weighted by molar-refractivity contribution is 6.31. The second-order valence-electron chi connectivity index (χ2n) is 9.72. The lowest BCUT2D eigenvalue weighted by Crippen LogP contribution is -2.57. The highest BCUT2D eigenvalue weighted by Crippen LogP contribution is 2.31. The zero-order valence-corrected chi connectivity index (χ0v) is 19.6. The number of likely N-dealkylation sites (tertiary alicyclic amines) is 2. The van der Waals surface area contributed by atoms with Gasteiger partial charge in [0.05, 0.1) is 5.52 Å². The number of aromatic nitrogens is 1. The molecular formula is C24H31ClN4O4. The summed E-state index contributed by atoms with van der Waals surface area (Å²) in [6.07, 6.45) is 5.79. The highest BCUT2D eigenvalue weighted by Gasteiger charge is 2.38. The Bertz CT molecular complexity index is 1090. The predicted octanol–water partition coefficient (Wildman–Crippen LogP) is 2.48. The third kappa shape index (κ3) is 4.82. The van der Waals surface area contributed by atoms with Gasteiger partial charge in [0.1, 0.15) is 6.54 Å². The van der Waals surface area contributed by atoms with E-state index in [-0.39, 0.29) is 18.4 Å². The quantitative estimate of drug-likeness (QED) is 0.695. The number of piperidine rings is 2. The molecule has 2 bridgehead atoms. The molecule has 0 spiro atoms. The summed E-state index contributed by atoms with van der Waals surface area (Å²) in [5.41, 5.74) is 0.973. The molecule has 1 N–H and O–H groups in total. The molecule has 0 saturated carbocycles. The fourth-order valence-electron chi connectivity index (χ4n) is 5.74. The zero-order chi connectivity index (χ0) is 22.9. The number of nitrogens with zero attached hydrogens (tertiary/aromatic N) is 3. The van der Waals surface area contributed by atoms with Crippen molar-refractivity contribution in [1.82, 2.24) is 19.7 Å². The molecule has 3 aliphatic rings. The van der Waals surface area contributed by atoms with Crippen molar-refractivity contribution in [3.8, 4) is 0 Å². The fourth-order valence-corrected chi connectivity index (χ4v) is 5.90. The summed E-state index contributed by atoms with van der Waals surface area (Å²) in [6, 6.07) is 5.32. The summed E-state index contributed by atoms with van der Waals surface area (Å²) in [4.78, 5) is 41.7. The monoisotopic (exact) mass is 474 g/mol. The van der Waals surface area contributed by atoms with Crippen molar-refractivity contribution in [3.05, 3.63) is 33.8 Å². The Morgan fingerprint density at radius 2 is 1.94 bits per heavy atom. The summed E-state index contributed by atoms with van der Waals surface area (Å²) in [5, 5.41) is 4.15. The SMILES string of the molecule is O=C(CCC[C@H]1NC[C@@H]2C[C@@H]1CN(C(=O)Cn1c(=O)oc3cc(Cl)ccc31)C2)N1CCCC1. The molecule has 5 rings (SSSR count). The van der Waals surface area contributed by atoms with Crippen molar-refractivity contribution in [1.29, 1.82) is 0 Å². The standard InChI is InChI=1S/C24H31ClN4O4/c25-18-6-7-20-21(11-18)33-24(32)29(20)15-23(31)28-13-16-10-17(14-28)19(26-12-16)4-3-5-22(30)27-8-1-2-9-27/h6-7,11,16-17,19,26H,1-5,8-10,12-15H2/t16-,17+,19+/m0/s1. The number of hydrogen-bond acceptors (Lipinski definition) is 5. The maximum atomic E-state index is 13.1. The molecule has 2 amide bonds. The Hall–Kier alpha value is -2.32. The zero-order valence-electron chi connectivity index (χ0n) is 18.8. The maximum absolute atomic E-state index is 13.1. The molecule has 8 nitrogen and oxygen atoms in total. The molecule has 4 heterocycles. The van der Waals surface area contributed by atoms with Crippen LogP contribution in [0.25, 0.3) is 11.1 Å². The Kier molecular flexibility index (Phi) is 6.47. The van der Waals surface area contributed by atoms with E-state index in [1.807, 2.05) is 9.80 Å². The van der Waals surface area contributed by atoms with Gasteiger partial charge in [0.25, 0.3) is 0 Å². The van der Waals surface area contributed by atoms with Gasteiger partial charge in [-0.05, 0) is 62.6 Å². The Morgan fingerprint density at radius 3 is 2.76 bits per heavy atom. The lowest BCUT2D eigenvalue weighted by Gasteiger charge is -2.46. The molecule has 2 aromatic rings. The molecule has 1 aromatic carbocycles. The molecule has 178 valence electrons. The number of rotatable bonds is 6. The van der Waals surface area contributed by atoms with Crippen LogP contribution >= 0.6 is 11.6 Å². The van der Waals surface area contributed by atoms with Crippen LogP contribution in [0.5, 0.6) is 0 Å². The van der Waals surface area contributed by atoms with E-state index in [0.29, 0.717) is 53.5 Å². The van der Waals surface area contributed by atoms with E-state index < -0.39 is 5.76 Å². The van der Waals surface area contributed by atoms with Gasteiger partial charge in [0.15, 0.2) is 5.58 Å². The largest absolute Gasteiger partial charge is 0.420 e. The molecule has 9 heteroatoms. The molecule has 0 unspecified atom stereocenters. The first kappa shape index (κ1) is 22.5. The molecule has 3 atom stereocenters. The van der Waals surface area contributed by atoms with Gasteiger partial charge in [-0.1, -0.05) is 11.6 Å². The van der Waals surface area contributed by atoms with Crippen molar-refractivity contribution in [2.75, 3.05) is 32.7 Å². The van der Waals surface area contributed by atoms with E-state index in [1.54, 1.807) is 18.2 Å². The Morgan fingerprint density at radius 1 is 1.12 bits per heavy atom. The first-order valence-electron chi connectivity index (χ1n) is 12.1. The van der Waals surface area contributed by atoms with Crippen LogP contribution < -0.4 is 11.1 Å². The number of benzene rings is 1. The van der Waals surface area contributed by atoms with Crippen LogP contribution in [0.1, 0.15) is 38.5 Å². The topological polar surface area (TPSA) is 87.8 Å². The minimum atomic E-state index is -0.542. The molecule has 0 aliphatic carbocycles. The van der Waals surface area contributed by atoms with Gasteiger partial charge >= 0.3 is 5.76 Å². The van der Waals surface area contributed by atoms with Crippen LogP contribution in [0, 0.1) is 11.8 Å². The molecule has 3 fully saturated rings.